The monoisotopic (exact) mass is 225 g/mol. The first-order valence-electron chi connectivity index (χ1n) is 4.87. The van der Waals surface area contributed by atoms with Gasteiger partial charge in [0.05, 0.1) is 32.6 Å². The second-order valence-electron chi connectivity index (χ2n) is 5.00. The summed E-state index contributed by atoms with van der Waals surface area (Å²) in [7, 11) is -2.49. The predicted molar refractivity (Wildman–Crippen MR) is 59.0 cm³/mol. The van der Waals surface area contributed by atoms with Gasteiger partial charge in [-0.3, -0.25) is 4.78 Å². The van der Waals surface area contributed by atoms with Crippen LogP contribution in [-0.4, -0.2) is 14.2 Å². The fourth-order valence-electron chi connectivity index (χ4n) is 1.88. The Balaban J connectivity index is 2.61. The molecule has 1 aromatic heterocycles. The lowest BCUT2D eigenvalue weighted by molar-refractivity contribution is 0.560. The van der Waals surface area contributed by atoms with Gasteiger partial charge in [-0.1, -0.05) is 20.8 Å². The molecule has 0 unspecified atom stereocenters. The van der Waals surface area contributed by atoms with Gasteiger partial charge < -0.3 is 0 Å². The van der Waals surface area contributed by atoms with Gasteiger partial charge in [-0.05, 0) is 0 Å². The van der Waals surface area contributed by atoms with Crippen LogP contribution in [-0.2, 0) is 26.6 Å². The molecule has 82 valence electrons. The SMILES string of the molecule is CC(C)(C)c1ncnc2c1C[S@@](=N)(=O)C2. The van der Waals surface area contributed by atoms with E-state index in [1.54, 1.807) is 0 Å². The van der Waals surface area contributed by atoms with E-state index in [-0.39, 0.29) is 11.2 Å². The summed E-state index contributed by atoms with van der Waals surface area (Å²) >= 11 is 0. The molecular weight excluding hydrogens is 210 g/mol. The molecule has 2 heterocycles. The molecule has 4 nitrogen and oxygen atoms in total. The van der Waals surface area contributed by atoms with Gasteiger partial charge in [0, 0.05) is 11.0 Å². The first kappa shape index (κ1) is 10.5. The Bertz CT molecular complexity index is 500. The summed E-state index contributed by atoms with van der Waals surface area (Å²) in [5.74, 6) is 0.601. The van der Waals surface area contributed by atoms with E-state index in [1.165, 1.54) is 6.33 Å². The first-order valence-corrected chi connectivity index (χ1v) is 6.77. The standard InChI is InChI=1S/C10H15N3OS/c1-10(2,3)9-7-4-15(11,14)5-8(7)12-6-13-9/h6,11H,4-5H2,1-3H3/t15-/m1/s1. The number of rotatable bonds is 0. The largest absolute Gasteiger partial charge is 0.252 e. The maximum absolute atomic E-state index is 11.7. The van der Waals surface area contributed by atoms with E-state index in [9.17, 15) is 4.21 Å². The summed E-state index contributed by atoms with van der Waals surface area (Å²) in [6.07, 6.45) is 1.51. The summed E-state index contributed by atoms with van der Waals surface area (Å²) < 4.78 is 19.4. The smallest absolute Gasteiger partial charge is 0.116 e. The first-order chi connectivity index (χ1) is 6.80. The van der Waals surface area contributed by atoms with Gasteiger partial charge in [-0.2, -0.15) is 0 Å². The summed E-state index contributed by atoms with van der Waals surface area (Å²) in [5.41, 5.74) is 2.59. The zero-order valence-corrected chi connectivity index (χ0v) is 10.0. The molecule has 0 saturated heterocycles. The van der Waals surface area contributed by atoms with E-state index in [0.29, 0.717) is 5.75 Å². The number of hydrogen-bond acceptors (Lipinski definition) is 4. The molecule has 0 amide bonds. The van der Waals surface area contributed by atoms with Crippen LogP contribution in [0.15, 0.2) is 6.33 Å². The van der Waals surface area contributed by atoms with E-state index < -0.39 is 9.73 Å². The molecule has 2 rings (SSSR count). The molecular formula is C10H15N3OS. The Hall–Kier alpha value is -0.970. The molecule has 1 aliphatic rings. The van der Waals surface area contributed by atoms with Crippen molar-refractivity contribution >= 4 is 9.73 Å². The molecule has 15 heavy (non-hydrogen) atoms. The molecule has 0 fully saturated rings. The molecule has 0 aliphatic carbocycles. The molecule has 0 saturated carbocycles. The van der Waals surface area contributed by atoms with Crippen LogP contribution in [0.25, 0.3) is 0 Å². The number of nitrogens with zero attached hydrogens (tertiary/aromatic N) is 2. The minimum atomic E-state index is -2.49. The molecule has 5 heteroatoms. The van der Waals surface area contributed by atoms with E-state index >= 15 is 0 Å². The minimum absolute atomic E-state index is 0.0765. The quantitative estimate of drug-likeness (QED) is 0.732. The highest BCUT2D eigenvalue weighted by atomic mass is 32.2. The minimum Gasteiger partial charge on any atom is -0.252 e. The van der Waals surface area contributed by atoms with Gasteiger partial charge in [0.15, 0.2) is 0 Å². The van der Waals surface area contributed by atoms with Crippen LogP contribution in [0, 0.1) is 4.78 Å². The summed E-state index contributed by atoms with van der Waals surface area (Å²) in [6, 6.07) is 0. The average Bonchev–Trinajstić information content (AvgIpc) is 2.35. The highest BCUT2D eigenvalue weighted by molar-refractivity contribution is 7.91. The van der Waals surface area contributed by atoms with Crippen LogP contribution >= 0.6 is 0 Å². The lowest BCUT2D eigenvalue weighted by Crippen LogP contribution is -2.17. The van der Waals surface area contributed by atoms with Crippen molar-refractivity contribution in [2.75, 3.05) is 0 Å². The van der Waals surface area contributed by atoms with Gasteiger partial charge in [0.25, 0.3) is 0 Å². The van der Waals surface area contributed by atoms with Gasteiger partial charge in [-0.15, -0.1) is 0 Å². The Labute approximate surface area is 90.1 Å². The highest BCUT2D eigenvalue weighted by Gasteiger charge is 2.30. The Morgan fingerprint density at radius 3 is 2.60 bits per heavy atom. The normalized spacial score (nSPS) is 25.3. The molecule has 1 atom stereocenters. The maximum Gasteiger partial charge on any atom is 0.116 e. The molecule has 1 aromatic rings. The van der Waals surface area contributed by atoms with Gasteiger partial charge >= 0.3 is 0 Å². The van der Waals surface area contributed by atoms with Gasteiger partial charge in [0.1, 0.15) is 6.33 Å². The summed E-state index contributed by atoms with van der Waals surface area (Å²) in [4.78, 5) is 8.39. The predicted octanol–water partition coefficient (Wildman–Crippen LogP) is 1.83. The Kier molecular flexibility index (Phi) is 2.12. The topological polar surface area (TPSA) is 66.7 Å². The second kappa shape index (κ2) is 3.01. The number of hydrogen-bond donors (Lipinski definition) is 1. The summed E-state index contributed by atoms with van der Waals surface area (Å²) in [5, 5.41) is 0. The second-order valence-corrected chi connectivity index (χ2v) is 7.20. The highest BCUT2D eigenvalue weighted by Crippen LogP contribution is 2.31. The van der Waals surface area contributed by atoms with Gasteiger partial charge in [0.2, 0.25) is 0 Å². The maximum atomic E-state index is 11.7. The lowest BCUT2D eigenvalue weighted by atomic mass is 9.88. The lowest BCUT2D eigenvalue weighted by Gasteiger charge is -2.20. The molecule has 1 N–H and O–H groups in total. The van der Waals surface area contributed by atoms with Gasteiger partial charge in [-0.25, -0.2) is 14.2 Å². The van der Waals surface area contributed by atoms with Crippen LogP contribution in [0.3, 0.4) is 0 Å². The van der Waals surface area contributed by atoms with Crippen LogP contribution in [0.5, 0.6) is 0 Å². The van der Waals surface area contributed by atoms with E-state index in [0.717, 1.165) is 17.0 Å². The number of aromatic nitrogens is 2. The molecule has 0 aromatic carbocycles. The van der Waals surface area contributed by atoms with E-state index in [1.807, 2.05) is 0 Å². The van der Waals surface area contributed by atoms with Crippen molar-refractivity contribution in [2.45, 2.75) is 37.7 Å². The molecule has 0 bridgehead atoms. The summed E-state index contributed by atoms with van der Waals surface area (Å²) in [6.45, 7) is 6.21. The Morgan fingerprint density at radius 2 is 2.00 bits per heavy atom. The number of nitrogens with one attached hydrogen (secondary N) is 1. The van der Waals surface area contributed by atoms with Crippen LogP contribution in [0.2, 0.25) is 0 Å². The van der Waals surface area contributed by atoms with Crippen molar-refractivity contribution in [2.24, 2.45) is 0 Å². The zero-order valence-electron chi connectivity index (χ0n) is 9.20. The molecule has 0 radical (unpaired) electrons. The fourth-order valence-corrected chi connectivity index (χ4v) is 3.44. The third-order valence-electron chi connectivity index (χ3n) is 2.49. The third kappa shape index (κ3) is 1.88. The van der Waals surface area contributed by atoms with Crippen molar-refractivity contribution in [3.63, 3.8) is 0 Å². The van der Waals surface area contributed by atoms with Crippen molar-refractivity contribution in [1.29, 1.82) is 4.78 Å². The van der Waals surface area contributed by atoms with Crippen molar-refractivity contribution in [1.82, 2.24) is 9.97 Å². The number of fused-ring (bicyclic) bond motifs is 1. The van der Waals surface area contributed by atoms with Crippen LogP contribution in [0.1, 0.15) is 37.7 Å². The average molecular weight is 225 g/mol. The van der Waals surface area contributed by atoms with Crippen LogP contribution in [0.4, 0.5) is 0 Å². The third-order valence-corrected chi connectivity index (χ3v) is 3.99. The van der Waals surface area contributed by atoms with E-state index in [4.69, 9.17) is 4.78 Å². The van der Waals surface area contributed by atoms with Crippen molar-refractivity contribution in [3.05, 3.63) is 23.3 Å². The zero-order chi connectivity index (χ0) is 11.3. The Morgan fingerprint density at radius 1 is 1.33 bits per heavy atom. The van der Waals surface area contributed by atoms with E-state index in [2.05, 4.69) is 30.7 Å². The molecule has 0 spiro atoms. The van der Waals surface area contributed by atoms with Crippen molar-refractivity contribution < 1.29 is 4.21 Å². The fraction of sp³-hybridized carbons (Fsp3) is 0.600. The van der Waals surface area contributed by atoms with Crippen molar-refractivity contribution in [3.8, 4) is 0 Å². The molecule has 1 aliphatic heterocycles. The van der Waals surface area contributed by atoms with Crippen LogP contribution < -0.4 is 0 Å².